The summed E-state index contributed by atoms with van der Waals surface area (Å²) in [6, 6.07) is 11.3. The molecule has 0 bridgehead atoms. The van der Waals surface area contributed by atoms with E-state index in [-0.39, 0.29) is 17.9 Å². The Kier molecular flexibility index (Phi) is 3.89. The maximum atomic E-state index is 12.2. The van der Waals surface area contributed by atoms with Gasteiger partial charge in [0.15, 0.2) is 11.3 Å². The molecule has 0 atom stereocenters. The van der Waals surface area contributed by atoms with Gasteiger partial charge in [0, 0.05) is 23.7 Å². The molecule has 0 saturated heterocycles. The van der Waals surface area contributed by atoms with Crippen LogP contribution < -0.4 is 10.9 Å². The van der Waals surface area contributed by atoms with E-state index >= 15 is 0 Å². The van der Waals surface area contributed by atoms with E-state index in [2.05, 4.69) is 5.32 Å². The molecule has 0 spiro atoms. The molecule has 5 nitrogen and oxygen atoms in total. The van der Waals surface area contributed by atoms with Crippen LogP contribution in [0.3, 0.4) is 0 Å². The Morgan fingerprint density at radius 3 is 2.52 bits per heavy atom. The van der Waals surface area contributed by atoms with Crippen LogP contribution >= 0.6 is 0 Å². The fourth-order valence-corrected chi connectivity index (χ4v) is 2.40. The van der Waals surface area contributed by atoms with Gasteiger partial charge in [0.25, 0.3) is 0 Å². The zero-order chi connectivity index (χ0) is 16.4. The summed E-state index contributed by atoms with van der Waals surface area (Å²) in [5.74, 6) is -0.828. The number of hydrogen-bond acceptors (Lipinski definition) is 5. The monoisotopic (exact) mass is 315 g/mol. The molecule has 1 heterocycles. The number of fused-ring (bicyclic) bond motifs is 1. The second-order valence-corrected chi connectivity index (χ2v) is 4.98. The van der Waals surface area contributed by atoms with Crippen LogP contribution in [0.25, 0.3) is 22.1 Å². The summed E-state index contributed by atoms with van der Waals surface area (Å²) in [5, 5.41) is 22.8. The lowest BCUT2D eigenvalue weighted by molar-refractivity contribution is 0.397. The topological polar surface area (TPSA) is 82.7 Å². The van der Waals surface area contributed by atoms with Gasteiger partial charge in [-0.3, -0.25) is 0 Å². The number of hydrogen-bond donors (Lipinski definition) is 3. The molecule has 0 unspecified atom stereocenters. The largest absolute Gasteiger partial charge is 0.504 e. The van der Waals surface area contributed by atoms with Crippen molar-refractivity contribution in [3.05, 3.63) is 52.9 Å². The summed E-state index contributed by atoms with van der Waals surface area (Å²) in [6.07, 6.45) is 0. The second kappa shape index (κ2) is 6.00. The van der Waals surface area contributed by atoms with Crippen molar-refractivity contribution in [2.45, 2.75) is 0 Å². The average molecular weight is 315 g/mol. The van der Waals surface area contributed by atoms with Crippen molar-refractivity contribution in [3.8, 4) is 22.6 Å². The fourth-order valence-electron chi connectivity index (χ4n) is 2.40. The van der Waals surface area contributed by atoms with E-state index < -0.39 is 18.0 Å². The Bertz CT molecular complexity index is 903. The highest BCUT2D eigenvalue weighted by atomic mass is 19.1. The Morgan fingerprint density at radius 1 is 1.09 bits per heavy atom. The van der Waals surface area contributed by atoms with E-state index in [1.807, 2.05) is 0 Å². The van der Waals surface area contributed by atoms with Gasteiger partial charge < -0.3 is 19.9 Å². The highest BCUT2D eigenvalue weighted by molar-refractivity contribution is 5.97. The number of rotatable bonds is 4. The maximum Gasteiger partial charge on any atom is 0.336 e. The predicted molar refractivity (Wildman–Crippen MR) is 85.7 cm³/mol. The minimum Gasteiger partial charge on any atom is -0.504 e. The second-order valence-electron chi connectivity index (χ2n) is 4.98. The minimum atomic E-state index is -0.631. The third-order valence-corrected chi connectivity index (χ3v) is 3.48. The number of benzene rings is 2. The van der Waals surface area contributed by atoms with Gasteiger partial charge in [-0.15, -0.1) is 0 Å². The van der Waals surface area contributed by atoms with Gasteiger partial charge in [0.05, 0.1) is 0 Å². The smallest absolute Gasteiger partial charge is 0.336 e. The average Bonchev–Trinajstić information content (AvgIpc) is 2.56. The van der Waals surface area contributed by atoms with Crippen molar-refractivity contribution in [3.63, 3.8) is 0 Å². The molecule has 1 aromatic heterocycles. The Balaban J connectivity index is 2.12. The van der Waals surface area contributed by atoms with Gasteiger partial charge in [-0.2, -0.15) is 0 Å². The summed E-state index contributed by atoms with van der Waals surface area (Å²) in [6.45, 7) is -0.237. The van der Waals surface area contributed by atoms with Crippen molar-refractivity contribution in [1.29, 1.82) is 0 Å². The first-order valence-electron chi connectivity index (χ1n) is 6.99. The summed E-state index contributed by atoms with van der Waals surface area (Å²) in [4.78, 5) is 11.7. The lowest BCUT2D eigenvalue weighted by Crippen LogP contribution is -2.02. The highest BCUT2D eigenvalue weighted by Gasteiger charge is 2.13. The molecule has 0 aliphatic heterocycles. The number of phenolic OH excluding ortho intramolecular Hbond substituents is 2. The molecular weight excluding hydrogens is 301 g/mol. The molecule has 6 heteroatoms. The zero-order valence-corrected chi connectivity index (χ0v) is 12.0. The number of alkyl halides is 1. The van der Waals surface area contributed by atoms with E-state index in [4.69, 9.17) is 4.42 Å². The first-order valence-corrected chi connectivity index (χ1v) is 6.99. The molecular formula is C17H14FNO4. The van der Waals surface area contributed by atoms with Gasteiger partial charge in [-0.05, 0) is 35.4 Å². The van der Waals surface area contributed by atoms with Gasteiger partial charge in [0.2, 0.25) is 5.75 Å². The summed E-state index contributed by atoms with van der Waals surface area (Å²) >= 11 is 0. The number of phenols is 2. The molecule has 118 valence electrons. The van der Waals surface area contributed by atoms with Crippen LogP contribution in [-0.2, 0) is 0 Å². The summed E-state index contributed by atoms with van der Waals surface area (Å²) in [5.41, 5.74) is 1.38. The van der Waals surface area contributed by atoms with Crippen LogP contribution in [0, 0.1) is 0 Å². The molecule has 0 radical (unpaired) electrons. The molecule has 0 saturated carbocycles. The van der Waals surface area contributed by atoms with E-state index in [9.17, 15) is 19.4 Å². The van der Waals surface area contributed by atoms with E-state index in [1.165, 1.54) is 12.1 Å². The standard InChI is InChI=1S/C17H14FNO4/c18-7-8-19-11-3-1-10(2-4-11)13-9-15(21)23-17-12(13)5-6-14(20)16(17)22/h1-6,9,19-20,22H,7-8H2. The first-order chi connectivity index (χ1) is 11.1. The maximum absolute atomic E-state index is 12.2. The fraction of sp³-hybridized carbons (Fsp3) is 0.118. The third kappa shape index (κ3) is 2.83. The zero-order valence-electron chi connectivity index (χ0n) is 12.0. The van der Waals surface area contributed by atoms with Crippen LogP contribution in [0.2, 0.25) is 0 Å². The third-order valence-electron chi connectivity index (χ3n) is 3.48. The van der Waals surface area contributed by atoms with Crippen molar-refractivity contribution >= 4 is 16.7 Å². The first kappa shape index (κ1) is 14.9. The van der Waals surface area contributed by atoms with Crippen molar-refractivity contribution in [2.24, 2.45) is 0 Å². The lowest BCUT2D eigenvalue weighted by atomic mass is 10.0. The van der Waals surface area contributed by atoms with Crippen LogP contribution in [0.15, 0.2) is 51.7 Å². The van der Waals surface area contributed by atoms with Crippen molar-refractivity contribution < 1.29 is 19.0 Å². The van der Waals surface area contributed by atoms with Crippen molar-refractivity contribution in [1.82, 2.24) is 0 Å². The number of anilines is 1. The van der Waals surface area contributed by atoms with Gasteiger partial charge >= 0.3 is 5.63 Å². The molecule has 3 N–H and O–H groups in total. The molecule has 3 aromatic rings. The van der Waals surface area contributed by atoms with E-state index in [0.717, 1.165) is 11.3 Å². The van der Waals surface area contributed by atoms with Crippen LogP contribution in [0.5, 0.6) is 11.5 Å². The van der Waals surface area contributed by atoms with Crippen LogP contribution in [-0.4, -0.2) is 23.4 Å². The lowest BCUT2D eigenvalue weighted by Gasteiger charge is -2.09. The van der Waals surface area contributed by atoms with Gasteiger partial charge in [0.1, 0.15) is 6.67 Å². The molecule has 0 aliphatic carbocycles. The van der Waals surface area contributed by atoms with Crippen LogP contribution in [0.4, 0.5) is 10.1 Å². The van der Waals surface area contributed by atoms with E-state index in [1.54, 1.807) is 30.3 Å². The molecule has 0 aliphatic rings. The van der Waals surface area contributed by atoms with E-state index in [0.29, 0.717) is 10.9 Å². The number of nitrogens with one attached hydrogen (secondary N) is 1. The number of aromatic hydroxyl groups is 2. The van der Waals surface area contributed by atoms with Gasteiger partial charge in [-0.1, -0.05) is 12.1 Å². The Labute approximate surface area is 130 Å². The molecule has 2 aromatic carbocycles. The molecule has 3 rings (SSSR count). The Morgan fingerprint density at radius 2 is 1.83 bits per heavy atom. The summed E-state index contributed by atoms with van der Waals surface area (Å²) < 4.78 is 17.2. The van der Waals surface area contributed by atoms with Crippen LogP contribution in [0.1, 0.15) is 0 Å². The highest BCUT2D eigenvalue weighted by Crippen LogP contribution is 2.37. The van der Waals surface area contributed by atoms with Gasteiger partial charge in [-0.25, -0.2) is 9.18 Å². The quantitative estimate of drug-likeness (QED) is 0.508. The summed E-state index contributed by atoms with van der Waals surface area (Å²) in [7, 11) is 0. The minimum absolute atomic E-state index is 0.0628. The Hall–Kier alpha value is -3.02. The molecule has 0 amide bonds. The molecule has 0 fully saturated rings. The molecule has 23 heavy (non-hydrogen) atoms. The SMILES string of the molecule is O=c1cc(-c2ccc(NCCF)cc2)c2ccc(O)c(O)c2o1. The normalized spacial score (nSPS) is 10.8. The van der Waals surface area contributed by atoms with Crippen molar-refractivity contribution in [2.75, 3.05) is 18.5 Å². The predicted octanol–water partition coefficient (Wildman–Crippen LogP) is 3.25. The number of halogens is 1.